The second-order valence-electron chi connectivity index (χ2n) is 33.4. The van der Waals surface area contributed by atoms with E-state index < -0.39 is 94.9 Å². The number of nitrogen functional groups attached to an aromatic ring is 1. The number of anilines is 1. The third-order valence-electron chi connectivity index (χ3n) is 23.3. The average molecular weight is 1780 g/mol. The standard InChI is InChI=1S/C41H52N8O6.C29H37N5O3.C18H26FN3O6.4C2H6/c1-24(2)33(46-39(52)54-6)36(50)48-20-8-10-32(48)35-42-22-30(44-35)28-15-11-26(12-16-28)27-13-17-29(18-14-27)31-23-43-38(45-31)41(5)19-9-21-49(41)37(51)34(25(3)4)47-40(53)55-7;1-5-22-14-20(15-23(6-2)31-22)11-12-29(21-9-7-8-10-21)17-25(35)24(27(36)37-29)16-26-32-28-30-18(3)13-19(4)34(28)33-26;1-9(2)14(23)26-8-11-13(28-15(24)10(3)4)18(5,19)16(27-11)22-7-6-12(20)21-17(22)25;4*1-2/h11-18,22-25,32-34H,8-10,19-21H2,1-7H3,(H,42,44)(H,43,45)(H,46,52)(H,47,53);13-15,21,35H,5-12,16-17H2,1-4H3;6-7,9-11,13,16H,8H2,1-5H3,(H2,20,21,25);4*1-2H3/t32-,33-,34-,41-;29-;11-,13-,16-,18-;;;;/m011..../s1. The van der Waals surface area contributed by atoms with Crippen molar-refractivity contribution in [2.75, 3.05) is 39.6 Å². The van der Waals surface area contributed by atoms with Gasteiger partial charge in [-0.3, -0.25) is 28.7 Å². The monoisotopic (exact) mass is 1780 g/mol. The number of nitrogens with two attached hydrogens (primary N) is 1. The lowest BCUT2D eigenvalue weighted by molar-refractivity contribution is -0.168. The predicted octanol–water partition coefficient (Wildman–Crippen LogP) is 16.8. The van der Waals surface area contributed by atoms with E-state index in [1.807, 2.05) is 127 Å². The first-order valence-electron chi connectivity index (χ1n) is 45.6. The summed E-state index contributed by atoms with van der Waals surface area (Å²) in [4.78, 5) is 138. The quantitative estimate of drug-likeness (QED) is 0.0229. The molecule has 5 aliphatic rings. The molecule has 4 fully saturated rings. The van der Waals surface area contributed by atoms with E-state index in [1.54, 1.807) is 49.5 Å². The highest BCUT2D eigenvalue weighted by Crippen LogP contribution is 2.48. The van der Waals surface area contributed by atoms with Gasteiger partial charge in [-0.15, -0.1) is 5.10 Å². The van der Waals surface area contributed by atoms with Crippen molar-refractivity contribution in [3.63, 3.8) is 0 Å². The van der Waals surface area contributed by atoms with Crippen LogP contribution in [0.3, 0.4) is 0 Å². The highest BCUT2D eigenvalue weighted by atomic mass is 19.1. The minimum absolute atomic E-state index is 0.0231. The van der Waals surface area contributed by atoms with Crippen molar-refractivity contribution in [3.8, 4) is 33.6 Å². The van der Waals surface area contributed by atoms with Crippen LogP contribution < -0.4 is 22.1 Å². The number of fused-ring (bicyclic) bond motifs is 1. The number of aliphatic hydroxyl groups excluding tert-OH is 1. The SMILES string of the molecule is CC.CC.CC.CC.CC(C)C(=O)OC[C@H]1O[C@@H](n2ccc(N)nc2=O)[C@](C)(F)[C@@H]1OC(=O)C(C)C.CCc1cc(CC[C@]2(C3CCCC3)CC(O)=C(Cc3nc4nc(C)cc(C)n4n3)C(=O)O2)cc(CC)n1.COC(=O)N[C@H](C(=O)N1CCC[C@H]1c1ncc(-c2ccc(-c3ccc(-c4cnc([C@]5(C)CCCN5C(=O)[C@@H](NC(=O)OC)C(C)C)[nH]4)cc3)cc2)[nH]1)C(C)C. The van der Waals surface area contributed by atoms with Crippen molar-refractivity contribution in [2.24, 2.45) is 29.6 Å². The Labute approximate surface area is 753 Å². The van der Waals surface area contributed by atoms with E-state index in [4.69, 9.17) is 44.1 Å². The maximum Gasteiger partial charge on any atom is 0.407 e. The lowest BCUT2D eigenvalue weighted by Crippen LogP contribution is -2.55. The molecule has 6 aromatic heterocycles. The predicted molar refractivity (Wildman–Crippen MR) is 490 cm³/mol. The van der Waals surface area contributed by atoms with Crippen LogP contribution in [-0.4, -0.2) is 180 Å². The van der Waals surface area contributed by atoms with Gasteiger partial charge >= 0.3 is 35.8 Å². The van der Waals surface area contributed by atoms with Crippen LogP contribution in [0, 0.1) is 43.4 Å². The van der Waals surface area contributed by atoms with Crippen LogP contribution in [0.5, 0.6) is 0 Å². The maximum absolute atomic E-state index is 15.7. The Morgan fingerprint density at radius 2 is 1.23 bits per heavy atom. The number of halogens is 1. The lowest BCUT2D eigenvalue weighted by Gasteiger charge is -2.41. The number of aromatic amines is 2. The van der Waals surface area contributed by atoms with Gasteiger partial charge < -0.3 is 69.7 Å². The number of aryl methyl sites for hydroxylation is 5. The molecule has 0 spiro atoms. The van der Waals surface area contributed by atoms with Gasteiger partial charge in [0.05, 0.1) is 67.0 Å². The summed E-state index contributed by atoms with van der Waals surface area (Å²) in [6.45, 7) is 42.2. The molecule has 0 unspecified atom stereocenters. The molecule has 0 radical (unpaired) electrons. The fraction of sp³-hybridized carbons (Fsp3) is 0.573. The maximum atomic E-state index is 15.7. The zero-order chi connectivity index (χ0) is 94.8. The Morgan fingerprint density at radius 3 is 1.77 bits per heavy atom. The van der Waals surface area contributed by atoms with Crippen LogP contribution in [0.2, 0.25) is 0 Å². The number of benzene rings is 2. The molecule has 1 saturated carbocycles. The summed E-state index contributed by atoms with van der Waals surface area (Å²) < 4.78 is 50.3. The Morgan fingerprint density at radius 1 is 0.680 bits per heavy atom. The second kappa shape index (κ2) is 47.6. The van der Waals surface area contributed by atoms with Crippen LogP contribution in [-0.2, 0) is 83.6 Å². The summed E-state index contributed by atoms with van der Waals surface area (Å²) in [6.07, 6.45) is 10.9. The number of rotatable bonds is 25. The molecular formula is C96H139FN16O15. The van der Waals surface area contributed by atoms with E-state index in [0.717, 1.165) is 144 Å². The second-order valence-corrected chi connectivity index (χ2v) is 33.4. The van der Waals surface area contributed by atoms with Crippen LogP contribution in [0.15, 0.2) is 108 Å². The number of amides is 4. The number of carbonyl (C=O) groups is 7. The first kappa shape index (κ1) is 104. The Kier molecular flexibility index (Phi) is 38.5. The number of pyridine rings is 1. The molecule has 2 aromatic carbocycles. The molecule has 32 heteroatoms. The number of H-pyrrole nitrogens is 2. The van der Waals surface area contributed by atoms with Crippen LogP contribution in [0.25, 0.3) is 39.4 Å². The number of nitrogens with one attached hydrogen (secondary N) is 4. The average Bonchev–Trinajstić information content (AvgIpc) is 1.59. The topological polar surface area (TPSA) is 400 Å². The number of aliphatic hydroxyl groups is 1. The van der Waals surface area contributed by atoms with Crippen molar-refractivity contribution >= 4 is 53.5 Å². The van der Waals surface area contributed by atoms with Gasteiger partial charge in [0, 0.05) is 54.9 Å². The van der Waals surface area contributed by atoms with Crippen molar-refractivity contribution in [2.45, 2.75) is 296 Å². The summed E-state index contributed by atoms with van der Waals surface area (Å²) in [5, 5.41) is 21.1. The highest BCUT2D eigenvalue weighted by molar-refractivity contribution is 5.91. The van der Waals surface area contributed by atoms with Gasteiger partial charge in [0.2, 0.25) is 11.8 Å². The molecule has 13 rings (SSSR count). The van der Waals surface area contributed by atoms with Gasteiger partial charge in [-0.05, 0) is 162 Å². The van der Waals surface area contributed by atoms with Crippen molar-refractivity contribution in [1.29, 1.82) is 0 Å². The molecule has 0 bridgehead atoms. The number of nitrogens with zero attached hydrogens (tertiary/aromatic N) is 11. The summed E-state index contributed by atoms with van der Waals surface area (Å²) in [5.41, 5.74) is 12.2. The largest absolute Gasteiger partial charge is 0.512 e. The molecule has 7 N–H and O–H groups in total. The van der Waals surface area contributed by atoms with Gasteiger partial charge in [-0.1, -0.05) is 186 Å². The Bertz CT molecular complexity index is 5070. The summed E-state index contributed by atoms with van der Waals surface area (Å²) in [6, 6.07) is 22.5. The Balaban J connectivity index is 0.000000267. The van der Waals surface area contributed by atoms with E-state index >= 15 is 4.39 Å². The molecule has 31 nitrogen and oxygen atoms in total. The van der Waals surface area contributed by atoms with Crippen LogP contribution in [0.4, 0.5) is 19.8 Å². The van der Waals surface area contributed by atoms with Gasteiger partial charge in [0.15, 0.2) is 23.8 Å². The molecule has 9 atom stereocenters. The lowest BCUT2D eigenvalue weighted by atomic mass is 9.76. The highest BCUT2D eigenvalue weighted by Gasteiger charge is 2.59. The number of imidazole rings is 2. The number of aromatic nitrogens is 11. The molecule has 4 aliphatic heterocycles. The number of hydrogen-bond acceptors (Lipinski definition) is 23. The molecule has 128 heavy (non-hydrogen) atoms. The fourth-order valence-corrected chi connectivity index (χ4v) is 16.4. The van der Waals surface area contributed by atoms with Crippen LogP contribution >= 0.6 is 0 Å². The summed E-state index contributed by atoms with van der Waals surface area (Å²) in [5.74, 6) is -0.303. The number of hydrogen-bond donors (Lipinski definition) is 6. The van der Waals surface area contributed by atoms with Gasteiger partial charge in [-0.25, -0.2) is 43.0 Å². The molecular weight excluding hydrogens is 1640 g/mol. The summed E-state index contributed by atoms with van der Waals surface area (Å²) >= 11 is 0. The third kappa shape index (κ3) is 25.1. The van der Waals surface area contributed by atoms with Crippen molar-refractivity contribution < 1.29 is 71.5 Å². The first-order valence-corrected chi connectivity index (χ1v) is 45.6. The fourth-order valence-electron chi connectivity index (χ4n) is 16.4. The zero-order valence-electron chi connectivity index (χ0n) is 79.6. The molecule has 700 valence electrons. The minimum atomic E-state index is -2.29. The van der Waals surface area contributed by atoms with E-state index in [0.29, 0.717) is 43.4 Å². The Hall–Kier alpha value is -11.4. The molecule has 10 heterocycles. The third-order valence-corrected chi connectivity index (χ3v) is 23.3. The molecule has 3 saturated heterocycles. The van der Waals surface area contributed by atoms with Crippen molar-refractivity contribution in [1.82, 2.24) is 74.5 Å². The zero-order valence-corrected chi connectivity index (χ0v) is 79.6. The first-order chi connectivity index (χ1) is 61.1. The number of carbonyl (C=O) groups excluding carboxylic acids is 7. The molecule has 4 amide bonds. The number of alkyl halides is 1. The van der Waals surface area contributed by atoms with E-state index in [9.17, 15) is 43.5 Å². The van der Waals surface area contributed by atoms with Crippen LogP contribution in [0.1, 0.15) is 261 Å². The smallest absolute Gasteiger partial charge is 0.407 e. The number of cyclic esters (lactones) is 1. The number of methoxy groups -OCH3 is 2. The van der Waals surface area contributed by atoms with E-state index in [2.05, 4.69) is 108 Å². The number of alkyl carbamates (subject to hydrolysis) is 2. The normalized spacial score (nSPS) is 20.5. The van der Waals surface area contributed by atoms with Crippen molar-refractivity contribution in [3.05, 3.63) is 159 Å². The minimum Gasteiger partial charge on any atom is -0.512 e. The number of esters is 3. The van der Waals surface area contributed by atoms with E-state index in [1.165, 1.54) is 32.0 Å². The molecule has 1 aliphatic carbocycles. The van der Waals surface area contributed by atoms with E-state index in [-0.39, 0.29) is 65.8 Å². The molecule has 8 aromatic rings. The van der Waals surface area contributed by atoms with Gasteiger partial charge in [0.1, 0.15) is 53.6 Å². The van der Waals surface area contributed by atoms with Gasteiger partial charge in [0.25, 0.3) is 5.78 Å². The number of ether oxygens (including phenoxy) is 6. The van der Waals surface area contributed by atoms with Gasteiger partial charge in [-0.2, -0.15) is 9.97 Å². The number of likely N-dealkylation sites (tertiary alicyclic amines) is 2. The summed E-state index contributed by atoms with van der Waals surface area (Å²) in [7, 11) is 2.58.